The lowest BCUT2D eigenvalue weighted by Crippen LogP contribution is -2.04. The quantitative estimate of drug-likeness (QED) is 0.0571. The summed E-state index contributed by atoms with van der Waals surface area (Å²) in [4.78, 5) is 29.0. The molecule has 0 N–H and O–H groups in total. The minimum Gasteiger partial charge on any atom is -0.462 e. The molecule has 1 aromatic carbocycles. The van der Waals surface area contributed by atoms with E-state index in [0.29, 0.717) is 23.0 Å². The number of rotatable bonds is 20. The number of hydrogen-bond acceptors (Lipinski definition) is 11. The number of benzene rings is 1. The van der Waals surface area contributed by atoms with Gasteiger partial charge in [-0.1, -0.05) is 103 Å². The van der Waals surface area contributed by atoms with Crippen molar-refractivity contribution in [1.82, 2.24) is 8.75 Å². The standard InChI is InChI=1S/C38H44N2O4S5/c1-3-5-7-9-11-13-15-19-43-37(41)33-23-31-29(47-33)21-27(45-31)25-17-18-26(36-35(25)39-49-40-36)28-22-30-32(46-28)24-34(48-30)38(42)44-20-16-14-12-10-8-6-4-2/h17-18,21-24H,3-16,19-20H2,1-2H3. The van der Waals surface area contributed by atoms with Gasteiger partial charge in [0.2, 0.25) is 0 Å². The number of thiophene rings is 4. The van der Waals surface area contributed by atoms with Gasteiger partial charge in [0.15, 0.2) is 0 Å². The van der Waals surface area contributed by atoms with Crippen LogP contribution in [0.4, 0.5) is 0 Å². The molecule has 0 saturated heterocycles. The first-order valence-electron chi connectivity index (χ1n) is 17.7. The molecule has 0 fully saturated rings. The van der Waals surface area contributed by atoms with Crippen molar-refractivity contribution in [3.8, 4) is 20.9 Å². The smallest absolute Gasteiger partial charge is 0.348 e. The SMILES string of the molecule is CCCCCCCCCOC(=O)c1cc2sc(-c3ccc(-c4cc5sc(C(=O)OCCCCCCCCC)cc5s4)c4nsnc34)cc2s1. The molecular weight excluding hydrogens is 709 g/mol. The van der Waals surface area contributed by atoms with Gasteiger partial charge in [-0.25, -0.2) is 9.59 Å². The minimum absolute atomic E-state index is 0.222. The molecule has 6 aromatic rings. The molecule has 0 atom stereocenters. The van der Waals surface area contributed by atoms with E-state index >= 15 is 0 Å². The Morgan fingerprint density at radius 3 is 1.33 bits per heavy atom. The molecule has 5 aromatic heterocycles. The van der Waals surface area contributed by atoms with Crippen LogP contribution >= 0.6 is 57.1 Å². The van der Waals surface area contributed by atoms with Crippen LogP contribution in [0.15, 0.2) is 36.4 Å². The van der Waals surface area contributed by atoms with Crippen molar-refractivity contribution in [2.75, 3.05) is 13.2 Å². The van der Waals surface area contributed by atoms with Crippen LogP contribution < -0.4 is 0 Å². The summed E-state index contributed by atoms with van der Waals surface area (Å²) in [5.74, 6) is -0.445. The van der Waals surface area contributed by atoms with Crippen molar-refractivity contribution in [1.29, 1.82) is 0 Å². The van der Waals surface area contributed by atoms with Crippen molar-refractivity contribution in [3.05, 3.63) is 46.2 Å². The van der Waals surface area contributed by atoms with Crippen molar-refractivity contribution >= 4 is 98.8 Å². The van der Waals surface area contributed by atoms with E-state index in [2.05, 4.69) is 38.1 Å². The van der Waals surface area contributed by atoms with E-state index in [-0.39, 0.29) is 11.9 Å². The topological polar surface area (TPSA) is 78.4 Å². The zero-order valence-corrected chi connectivity index (χ0v) is 32.4. The summed E-state index contributed by atoms with van der Waals surface area (Å²) in [5, 5.41) is 0. The minimum atomic E-state index is -0.222. The third-order valence-electron chi connectivity index (χ3n) is 8.72. The first-order valence-corrected chi connectivity index (χ1v) is 21.7. The second-order valence-electron chi connectivity index (χ2n) is 12.5. The molecule has 0 radical (unpaired) electrons. The Hall–Kier alpha value is -2.70. The molecule has 0 amide bonds. The number of esters is 2. The summed E-state index contributed by atoms with van der Waals surface area (Å²) >= 11 is 7.55. The monoisotopic (exact) mass is 752 g/mol. The number of carbonyl (C=O) groups excluding carboxylic acids is 2. The second kappa shape index (κ2) is 18.0. The van der Waals surface area contributed by atoms with Gasteiger partial charge in [-0.3, -0.25) is 0 Å². The maximum atomic E-state index is 12.7. The Morgan fingerprint density at radius 2 is 0.918 bits per heavy atom. The molecule has 6 rings (SSSR count). The first kappa shape index (κ1) is 36.1. The molecule has 0 aliphatic heterocycles. The lowest BCUT2D eigenvalue weighted by atomic mass is 10.1. The largest absolute Gasteiger partial charge is 0.462 e. The molecule has 0 saturated carbocycles. The zero-order valence-electron chi connectivity index (χ0n) is 28.3. The van der Waals surface area contributed by atoms with Crippen LogP contribution in [0, 0.1) is 0 Å². The summed E-state index contributed by atoms with van der Waals surface area (Å²) in [6.07, 6.45) is 16.7. The molecular formula is C38H44N2O4S5. The molecule has 0 unspecified atom stereocenters. The highest BCUT2D eigenvalue weighted by Gasteiger charge is 2.20. The molecule has 11 heteroatoms. The van der Waals surface area contributed by atoms with Crippen LogP contribution in [0.2, 0.25) is 0 Å². The van der Waals surface area contributed by atoms with E-state index in [1.54, 1.807) is 22.7 Å². The van der Waals surface area contributed by atoms with Crippen molar-refractivity contribution in [2.45, 2.75) is 104 Å². The lowest BCUT2D eigenvalue weighted by molar-refractivity contribution is 0.0494. The van der Waals surface area contributed by atoms with Gasteiger partial charge in [0.05, 0.1) is 24.9 Å². The number of nitrogens with zero attached hydrogens (tertiary/aromatic N) is 2. The average Bonchev–Trinajstić information content (AvgIpc) is 3.93. The third-order valence-corrected chi connectivity index (χ3v) is 13.9. The van der Waals surface area contributed by atoms with Crippen LogP contribution in [-0.2, 0) is 9.47 Å². The highest BCUT2D eigenvalue weighted by molar-refractivity contribution is 7.31. The van der Waals surface area contributed by atoms with E-state index in [1.807, 2.05) is 12.1 Å². The Balaban J connectivity index is 1.06. The number of fused-ring (bicyclic) bond motifs is 3. The highest BCUT2D eigenvalue weighted by Crippen LogP contribution is 2.45. The summed E-state index contributed by atoms with van der Waals surface area (Å²) in [5.41, 5.74) is 3.87. The average molecular weight is 753 g/mol. The van der Waals surface area contributed by atoms with Gasteiger partial charge in [-0.15, -0.1) is 45.3 Å². The Labute approximate surface area is 308 Å². The van der Waals surface area contributed by atoms with Gasteiger partial charge in [0.1, 0.15) is 20.8 Å². The lowest BCUT2D eigenvalue weighted by Gasteiger charge is -2.04. The number of aromatic nitrogens is 2. The van der Waals surface area contributed by atoms with E-state index in [1.165, 1.54) is 98.6 Å². The van der Waals surface area contributed by atoms with Gasteiger partial charge in [-0.05, 0) is 37.1 Å². The number of ether oxygens (including phenoxy) is 2. The Kier molecular flexibility index (Phi) is 13.3. The Bertz CT molecular complexity index is 1780. The highest BCUT2D eigenvalue weighted by atomic mass is 32.1. The normalized spacial score (nSPS) is 11.7. The molecule has 0 bridgehead atoms. The fourth-order valence-corrected chi connectivity index (χ4v) is 11.2. The summed E-state index contributed by atoms with van der Waals surface area (Å²) in [7, 11) is 0. The van der Waals surface area contributed by atoms with Crippen LogP contribution in [0.1, 0.15) is 123 Å². The molecule has 6 nitrogen and oxygen atoms in total. The number of hydrogen-bond donors (Lipinski definition) is 0. The predicted octanol–water partition coefficient (Wildman–Crippen LogP) is 13.4. The Morgan fingerprint density at radius 1 is 0.531 bits per heavy atom. The van der Waals surface area contributed by atoms with Gasteiger partial charge in [-0.2, -0.15) is 8.75 Å². The van der Waals surface area contributed by atoms with Crippen LogP contribution in [-0.4, -0.2) is 33.9 Å². The van der Waals surface area contributed by atoms with E-state index in [9.17, 15) is 9.59 Å². The van der Waals surface area contributed by atoms with Crippen LogP contribution in [0.5, 0.6) is 0 Å². The van der Waals surface area contributed by atoms with Gasteiger partial charge < -0.3 is 9.47 Å². The summed E-state index contributed by atoms with van der Waals surface area (Å²) in [6, 6.07) is 12.5. The molecule has 260 valence electrons. The molecule has 5 heterocycles. The maximum absolute atomic E-state index is 12.7. The molecule has 0 spiro atoms. The maximum Gasteiger partial charge on any atom is 0.348 e. The number of unbranched alkanes of at least 4 members (excludes halogenated alkanes) is 12. The summed E-state index contributed by atoms with van der Waals surface area (Å²) < 4.78 is 24.9. The zero-order chi connectivity index (χ0) is 34.0. The van der Waals surface area contributed by atoms with Gasteiger partial charge >= 0.3 is 11.9 Å². The summed E-state index contributed by atoms with van der Waals surface area (Å²) in [6.45, 7) is 5.43. The second-order valence-corrected chi connectivity index (χ2v) is 17.4. The first-order chi connectivity index (χ1) is 24.1. The third kappa shape index (κ3) is 9.16. The van der Waals surface area contributed by atoms with Crippen LogP contribution in [0.25, 0.3) is 50.7 Å². The van der Waals surface area contributed by atoms with Crippen molar-refractivity contribution in [2.24, 2.45) is 0 Å². The van der Waals surface area contributed by atoms with Crippen molar-refractivity contribution in [3.63, 3.8) is 0 Å². The van der Waals surface area contributed by atoms with Crippen LogP contribution in [0.3, 0.4) is 0 Å². The number of carbonyl (C=O) groups is 2. The van der Waals surface area contributed by atoms with E-state index in [4.69, 9.17) is 18.2 Å². The van der Waals surface area contributed by atoms with Crippen molar-refractivity contribution < 1.29 is 19.1 Å². The van der Waals surface area contributed by atoms with E-state index in [0.717, 1.165) is 76.4 Å². The van der Waals surface area contributed by atoms with Gasteiger partial charge in [0, 0.05) is 39.7 Å². The molecule has 49 heavy (non-hydrogen) atoms. The molecule has 0 aliphatic carbocycles. The fourth-order valence-electron chi connectivity index (χ4n) is 5.99. The molecule has 0 aliphatic rings. The van der Waals surface area contributed by atoms with E-state index < -0.39 is 0 Å². The van der Waals surface area contributed by atoms with Gasteiger partial charge in [0.25, 0.3) is 0 Å². The fraction of sp³-hybridized carbons (Fsp3) is 0.474. The predicted molar refractivity (Wildman–Crippen MR) is 211 cm³/mol.